The van der Waals surface area contributed by atoms with Gasteiger partial charge in [-0.2, -0.15) is 52.7 Å². The van der Waals surface area contributed by atoms with E-state index in [1.807, 2.05) is 0 Å². The summed E-state index contributed by atoms with van der Waals surface area (Å²) in [4.78, 5) is 23.5. The third-order valence-corrected chi connectivity index (χ3v) is 11.3. The van der Waals surface area contributed by atoms with Crippen LogP contribution in [0.2, 0.25) is 0 Å². The van der Waals surface area contributed by atoms with Crippen molar-refractivity contribution in [1.29, 1.82) is 0 Å². The number of benzene rings is 1. The van der Waals surface area contributed by atoms with Crippen LogP contribution in [-0.4, -0.2) is 70.3 Å². The average molecular weight is 879 g/mol. The van der Waals surface area contributed by atoms with Gasteiger partial charge in [0.2, 0.25) is 0 Å². The second-order valence-corrected chi connectivity index (χ2v) is 17.8. The fourth-order valence-corrected chi connectivity index (χ4v) is 5.55. The summed E-state index contributed by atoms with van der Waals surface area (Å²) in [6.45, 7) is 21.5. The van der Waals surface area contributed by atoms with Crippen molar-refractivity contribution in [3.05, 3.63) is 35.4 Å². The lowest BCUT2D eigenvalue weighted by Crippen LogP contribution is -2.64. The summed E-state index contributed by atoms with van der Waals surface area (Å²) in [6, 6.07) is 9.08. The maximum absolute atomic E-state index is 13.3. The number of ether oxygens (including phenoxy) is 2. The first kappa shape index (κ1) is 56.2. The molecule has 0 heterocycles. The first-order chi connectivity index (χ1) is 26.1. The molecule has 1 aliphatic rings. The average Bonchev–Trinajstić information content (AvgIpc) is 3.08. The molecule has 0 amide bonds. The summed E-state index contributed by atoms with van der Waals surface area (Å²) in [7, 11) is 0. The van der Waals surface area contributed by atoms with E-state index in [4.69, 9.17) is 4.74 Å². The number of aliphatic hydroxyl groups is 2. The number of hydrogen-bond donors (Lipinski definition) is 2. The van der Waals surface area contributed by atoms with Gasteiger partial charge >= 0.3 is 36.6 Å². The highest BCUT2D eigenvalue weighted by atomic mass is 19.4. The Morgan fingerprint density at radius 2 is 1.05 bits per heavy atom. The van der Waals surface area contributed by atoms with E-state index in [0.29, 0.717) is 12.3 Å². The standard InChI is InChI=1S/C18H25F9O4.C14H22.C9H15F3O2/c1-5-13(2,3)12(28)31-11-7-9(14(4,29)16(19,20)21)6-10(8-11)15(30,17(22,23)24)18(25,26)27;1-6-11(2)12-7-9-13(10-8-12)14(3,4)5;1-5-8(3,4)7(13)14-6(2)9(10,11)12/h9-11,29-30H,5-8H2,1-4H3;7-11H,6H2,1-5H3;6H,5H2,1-4H3. The molecule has 1 aromatic carbocycles. The van der Waals surface area contributed by atoms with Gasteiger partial charge in [-0.1, -0.05) is 72.7 Å². The Labute approximate surface area is 339 Å². The lowest BCUT2D eigenvalue weighted by Gasteiger charge is -2.47. The molecule has 18 heteroatoms. The van der Waals surface area contributed by atoms with Crippen LogP contribution >= 0.6 is 0 Å². The number of alkyl halides is 12. The molecule has 1 aliphatic carbocycles. The van der Waals surface area contributed by atoms with Gasteiger partial charge in [0.05, 0.1) is 10.8 Å². The molecule has 6 unspecified atom stereocenters. The van der Waals surface area contributed by atoms with Gasteiger partial charge in [-0.3, -0.25) is 9.59 Å². The molecule has 6 nitrogen and oxygen atoms in total. The first-order valence-electron chi connectivity index (χ1n) is 19.3. The highest BCUT2D eigenvalue weighted by Gasteiger charge is 2.75. The minimum Gasteiger partial charge on any atom is -0.462 e. The fraction of sp³-hybridized carbons (Fsp3) is 0.805. The number of halogens is 12. The zero-order valence-corrected chi connectivity index (χ0v) is 36.0. The van der Waals surface area contributed by atoms with Gasteiger partial charge < -0.3 is 19.7 Å². The van der Waals surface area contributed by atoms with E-state index < -0.39 is 102 Å². The molecule has 1 saturated carbocycles. The van der Waals surface area contributed by atoms with Crippen molar-refractivity contribution in [2.45, 2.75) is 188 Å². The Kier molecular flexibility index (Phi) is 19.0. The van der Waals surface area contributed by atoms with E-state index in [2.05, 4.69) is 63.6 Å². The molecule has 1 fully saturated rings. The van der Waals surface area contributed by atoms with Crippen molar-refractivity contribution in [2.75, 3.05) is 0 Å². The minimum absolute atomic E-state index is 0.167. The molecule has 1 aromatic rings. The van der Waals surface area contributed by atoms with E-state index in [1.54, 1.807) is 27.7 Å². The smallest absolute Gasteiger partial charge is 0.426 e. The maximum atomic E-state index is 13.3. The Morgan fingerprint density at radius 1 is 0.644 bits per heavy atom. The van der Waals surface area contributed by atoms with Crippen molar-refractivity contribution >= 4 is 11.9 Å². The molecule has 0 spiro atoms. The van der Waals surface area contributed by atoms with Crippen molar-refractivity contribution < 1.29 is 82.0 Å². The van der Waals surface area contributed by atoms with Crippen LogP contribution in [0.3, 0.4) is 0 Å². The number of carbonyl (C=O) groups excluding carboxylic acids is 2. The molecule has 59 heavy (non-hydrogen) atoms. The molecule has 0 aliphatic heterocycles. The van der Waals surface area contributed by atoms with Crippen molar-refractivity contribution in [2.24, 2.45) is 22.7 Å². The third kappa shape index (κ3) is 15.0. The van der Waals surface area contributed by atoms with Gasteiger partial charge in [0.15, 0.2) is 11.7 Å². The Balaban J connectivity index is 0.000000990. The molecular weight excluding hydrogens is 816 g/mol. The number of hydrogen-bond acceptors (Lipinski definition) is 6. The maximum Gasteiger partial charge on any atom is 0.426 e. The molecule has 2 N–H and O–H groups in total. The largest absolute Gasteiger partial charge is 0.462 e. The lowest BCUT2D eigenvalue weighted by atomic mass is 9.66. The van der Waals surface area contributed by atoms with E-state index in [-0.39, 0.29) is 18.8 Å². The van der Waals surface area contributed by atoms with Gasteiger partial charge in [0.1, 0.15) is 6.10 Å². The van der Waals surface area contributed by atoms with Gasteiger partial charge in [0, 0.05) is 11.8 Å². The zero-order chi connectivity index (χ0) is 47.2. The van der Waals surface area contributed by atoms with Crippen LogP contribution < -0.4 is 0 Å². The van der Waals surface area contributed by atoms with Gasteiger partial charge in [-0.05, 0) is 103 Å². The van der Waals surface area contributed by atoms with Crippen LogP contribution in [0.15, 0.2) is 24.3 Å². The molecule has 0 aromatic heterocycles. The summed E-state index contributed by atoms with van der Waals surface area (Å²) in [5, 5.41) is 19.6. The van der Waals surface area contributed by atoms with Gasteiger partial charge in [-0.15, -0.1) is 0 Å². The highest BCUT2D eigenvalue weighted by Crippen LogP contribution is 2.55. The van der Waals surface area contributed by atoms with Gasteiger partial charge in [0.25, 0.3) is 5.60 Å². The monoisotopic (exact) mass is 878 g/mol. The Morgan fingerprint density at radius 3 is 1.39 bits per heavy atom. The van der Waals surface area contributed by atoms with Crippen molar-refractivity contribution in [1.82, 2.24) is 0 Å². The summed E-state index contributed by atoms with van der Waals surface area (Å²) in [5.74, 6) is -6.21. The number of esters is 2. The second-order valence-electron chi connectivity index (χ2n) is 17.8. The van der Waals surface area contributed by atoms with Gasteiger partial charge in [-0.25, -0.2) is 0 Å². The SMILES string of the molecule is CCC(C)(C)C(=O)OC(C)C(F)(F)F.CCC(C)(C)C(=O)OC1CC(C(C)(O)C(F)(F)F)CC(C(O)(C(F)(F)F)C(F)(F)F)C1.CCC(C)c1ccc(C(C)(C)C)cc1. The quantitative estimate of drug-likeness (QED) is 0.180. The Hall–Kier alpha value is -2.76. The predicted molar refractivity (Wildman–Crippen MR) is 198 cm³/mol. The van der Waals surface area contributed by atoms with E-state index in [1.165, 1.54) is 31.4 Å². The summed E-state index contributed by atoms with van der Waals surface area (Å²) >= 11 is 0. The lowest BCUT2D eigenvalue weighted by molar-refractivity contribution is -0.391. The van der Waals surface area contributed by atoms with Crippen LogP contribution in [-0.2, 0) is 24.5 Å². The molecular formula is C41H62F12O6. The number of carbonyl (C=O) groups is 2. The van der Waals surface area contributed by atoms with E-state index in [9.17, 15) is 72.5 Å². The zero-order valence-electron chi connectivity index (χ0n) is 36.0. The third-order valence-electron chi connectivity index (χ3n) is 11.3. The van der Waals surface area contributed by atoms with Crippen LogP contribution in [0.1, 0.15) is 146 Å². The molecule has 0 bridgehead atoms. The molecule has 0 radical (unpaired) electrons. The first-order valence-corrected chi connectivity index (χ1v) is 19.3. The second kappa shape index (κ2) is 20.0. The highest BCUT2D eigenvalue weighted by molar-refractivity contribution is 5.76. The molecule has 6 atom stereocenters. The fourth-order valence-electron chi connectivity index (χ4n) is 5.55. The topological polar surface area (TPSA) is 93.1 Å². The molecule has 2 rings (SSSR count). The van der Waals surface area contributed by atoms with Crippen molar-refractivity contribution in [3.8, 4) is 0 Å². The molecule has 0 saturated heterocycles. The van der Waals surface area contributed by atoms with E-state index >= 15 is 0 Å². The minimum atomic E-state index is -6.28. The predicted octanol–water partition coefficient (Wildman–Crippen LogP) is 12.3. The van der Waals surface area contributed by atoms with Crippen molar-refractivity contribution in [3.63, 3.8) is 0 Å². The van der Waals surface area contributed by atoms with Crippen LogP contribution in [0.4, 0.5) is 52.7 Å². The number of rotatable bonds is 10. The van der Waals surface area contributed by atoms with Crippen LogP contribution in [0.5, 0.6) is 0 Å². The summed E-state index contributed by atoms with van der Waals surface area (Å²) in [5.41, 5.74) is -7.96. The summed E-state index contributed by atoms with van der Waals surface area (Å²) in [6.07, 6.45) is -27.9. The molecule has 346 valence electrons. The summed E-state index contributed by atoms with van der Waals surface area (Å²) < 4.78 is 165. The Bertz CT molecular complexity index is 1460. The van der Waals surface area contributed by atoms with Crippen LogP contribution in [0, 0.1) is 22.7 Å². The van der Waals surface area contributed by atoms with Crippen LogP contribution in [0.25, 0.3) is 0 Å². The van der Waals surface area contributed by atoms with E-state index in [0.717, 1.165) is 6.92 Å². The normalized spacial score (nSPS) is 20.8.